The van der Waals surface area contributed by atoms with Crippen molar-refractivity contribution in [3.8, 4) is 5.69 Å². The van der Waals surface area contributed by atoms with E-state index in [2.05, 4.69) is 16.0 Å². The highest BCUT2D eigenvalue weighted by molar-refractivity contribution is 5.94. The zero-order valence-corrected chi connectivity index (χ0v) is 17.0. The van der Waals surface area contributed by atoms with Gasteiger partial charge in [0.2, 0.25) is 5.91 Å². The van der Waals surface area contributed by atoms with Gasteiger partial charge in [0.1, 0.15) is 5.60 Å². The Kier molecular flexibility index (Phi) is 7.82. The Morgan fingerprint density at radius 2 is 1.55 bits per heavy atom. The van der Waals surface area contributed by atoms with Crippen LogP contribution in [0.25, 0.3) is 5.69 Å². The summed E-state index contributed by atoms with van der Waals surface area (Å²) >= 11 is 0. The fourth-order valence-electron chi connectivity index (χ4n) is 2.44. The Morgan fingerprint density at radius 1 is 0.931 bits per heavy atom. The largest absolute Gasteiger partial charge is 0.444 e. The predicted molar refractivity (Wildman–Crippen MR) is 110 cm³/mol. The zero-order valence-electron chi connectivity index (χ0n) is 17.0. The Hall–Kier alpha value is -3.29. The number of aromatic nitrogens is 1. The normalized spacial score (nSPS) is 10.9. The van der Waals surface area contributed by atoms with Crippen molar-refractivity contribution in [1.82, 2.24) is 20.5 Å². The van der Waals surface area contributed by atoms with Crippen LogP contribution in [0, 0.1) is 0 Å². The molecule has 0 spiro atoms. The number of carbonyl (C=O) groups is 3. The quantitative estimate of drug-likeness (QED) is 0.592. The first-order chi connectivity index (χ1) is 13.7. The van der Waals surface area contributed by atoms with Crippen LogP contribution in [0.15, 0.2) is 48.8 Å². The van der Waals surface area contributed by atoms with Gasteiger partial charge in [-0.1, -0.05) is 0 Å². The van der Waals surface area contributed by atoms with Crippen LogP contribution in [-0.2, 0) is 9.53 Å². The molecule has 0 saturated heterocycles. The lowest BCUT2D eigenvalue weighted by atomic mass is 10.2. The summed E-state index contributed by atoms with van der Waals surface area (Å²) < 4.78 is 7.01. The Labute approximate surface area is 170 Å². The molecule has 0 fully saturated rings. The highest BCUT2D eigenvalue weighted by Crippen LogP contribution is 2.10. The lowest BCUT2D eigenvalue weighted by Crippen LogP contribution is -2.40. The number of hydrogen-bond acceptors (Lipinski definition) is 4. The third-order valence-corrected chi connectivity index (χ3v) is 3.79. The lowest BCUT2D eigenvalue weighted by molar-refractivity contribution is -0.120. The van der Waals surface area contributed by atoms with Crippen molar-refractivity contribution in [2.75, 3.05) is 19.6 Å². The molecule has 2 rings (SSSR count). The van der Waals surface area contributed by atoms with Crippen molar-refractivity contribution in [2.45, 2.75) is 32.8 Å². The predicted octanol–water partition coefficient (Wildman–Crippen LogP) is 2.24. The molecule has 0 aliphatic rings. The summed E-state index contributed by atoms with van der Waals surface area (Å²) in [6.45, 7) is 5.90. The summed E-state index contributed by atoms with van der Waals surface area (Å²) in [5, 5.41) is 7.88. The van der Waals surface area contributed by atoms with Gasteiger partial charge in [-0.15, -0.1) is 0 Å². The van der Waals surface area contributed by atoms with Gasteiger partial charge < -0.3 is 25.3 Å². The molecule has 0 bridgehead atoms. The maximum Gasteiger partial charge on any atom is 0.408 e. The smallest absolute Gasteiger partial charge is 0.408 e. The van der Waals surface area contributed by atoms with E-state index in [-0.39, 0.29) is 18.4 Å². The molecule has 0 aliphatic carbocycles. The molecule has 8 nitrogen and oxygen atoms in total. The van der Waals surface area contributed by atoms with Crippen molar-refractivity contribution < 1.29 is 19.1 Å². The van der Waals surface area contributed by atoms with Crippen LogP contribution >= 0.6 is 0 Å². The summed E-state index contributed by atoms with van der Waals surface area (Å²) in [6, 6.07) is 11.2. The first-order valence-corrected chi connectivity index (χ1v) is 9.50. The number of nitrogens with zero attached hydrogens (tertiary/aromatic N) is 1. The molecule has 0 saturated carbocycles. The number of benzene rings is 1. The van der Waals surface area contributed by atoms with E-state index in [4.69, 9.17) is 4.74 Å². The van der Waals surface area contributed by atoms with E-state index >= 15 is 0 Å². The van der Waals surface area contributed by atoms with Crippen molar-refractivity contribution in [2.24, 2.45) is 0 Å². The Balaban J connectivity index is 1.60. The van der Waals surface area contributed by atoms with Crippen molar-refractivity contribution >= 4 is 17.9 Å². The fourth-order valence-corrected chi connectivity index (χ4v) is 2.44. The molecule has 29 heavy (non-hydrogen) atoms. The summed E-state index contributed by atoms with van der Waals surface area (Å²) in [4.78, 5) is 35.3. The number of hydrogen-bond donors (Lipinski definition) is 3. The maximum absolute atomic E-state index is 12.2. The molecular formula is C21H28N4O4. The SMILES string of the molecule is CC(C)(C)OC(=O)NCC(=O)NCCCNC(=O)c1ccc(-n2cccc2)cc1. The third-order valence-electron chi connectivity index (χ3n) is 3.79. The Morgan fingerprint density at radius 3 is 2.17 bits per heavy atom. The van der Waals surface area contributed by atoms with E-state index < -0.39 is 11.7 Å². The minimum absolute atomic E-state index is 0.158. The number of rotatable bonds is 8. The average molecular weight is 400 g/mol. The first-order valence-electron chi connectivity index (χ1n) is 9.50. The average Bonchev–Trinajstić information content (AvgIpc) is 3.19. The monoisotopic (exact) mass is 400 g/mol. The van der Waals surface area contributed by atoms with Crippen LogP contribution in [-0.4, -0.2) is 47.7 Å². The topological polar surface area (TPSA) is 101 Å². The molecule has 1 aromatic carbocycles. The molecule has 1 aromatic heterocycles. The summed E-state index contributed by atoms with van der Waals surface area (Å²) in [5.41, 5.74) is 0.946. The summed E-state index contributed by atoms with van der Waals surface area (Å²) in [7, 11) is 0. The second-order valence-electron chi connectivity index (χ2n) is 7.45. The molecule has 3 amide bonds. The van der Waals surface area contributed by atoms with E-state index in [9.17, 15) is 14.4 Å². The maximum atomic E-state index is 12.2. The van der Waals surface area contributed by atoms with E-state index in [1.165, 1.54) is 0 Å². The van der Waals surface area contributed by atoms with Gasteiger partial charge in [0.15, 0.2) is 0 Å². The molecule has 156 valence electrons. The summed E-state index contributed by atoms with van der Waals surface area (Å²) in [6.07, 6.45) is 3.81. The second-order valence-corrected chi connectivity index (χ2v) is 7.45. The second kappa shape index (κ2) is 10.3. The molecule has 1 heterocycles. The minimum Gasteiger partial charge on any atom is -0.444 e. The van der Waals surface area contributed by atoms with Crippen LogP contribution < -0.4 is 16.0 Å². The van der Waals surface area contributed by atoms with Gasteiger partial charge in [-0.05, 0) is 63.6 Å². The molecule has 0 unspecified atom stereocenters. The van der Waals surface area contributed by atoms with Crippen LogP contribution in [0.3, 0.4) is 0 Å². The lowest BCUT2D eigenvalue weighted by Gasteiger charge is -2.19. The van der Waals surface area contributed by atoms with Gasteiger partial charge in [-0.2, -0.15) is 0 Å². The summed E-state index contributed by atoms with van der Waals surface area (Å²) in [5.74, 6) is -0.482. The third kappa shape index (κ3) is 8.08. The minimum atomic E-state index is -0.636. The van der Waals surface area contributed by atoms with E-state index in [1.54, 1.807) is 32.9 Å². The van der Waals surface area contributed by atoms with Crippen molar-refractivity contribution in [1.29, 1.82) is 0 Å². The molecule has 2 aromatic rings. The fraction of sp³-hybridized carbons (Fsp3) is 0.381. The first kappa shape index (κ1) is 22.0. The number of carbonyl (C=O) groups excluding carboxylic acids is 3. The van der Waals surface area contributed by atoms with Gasteiger partial charge in [0.05, 0.1) is 6.54 Å². The van der Waals surface area contributed by atoms with Gasteiger partial charge in [0, 0.05) is 36.7 Å². The van der Waals surface area contributed by atoms with Crippen molar-refractivity contribution in [3.63, 3.8) is 0 Å². The highest BCUT2D eigenvalue weighted by Gasteiger charge is 2.16. The standard InChI is InChI=1S/C21H28N4O4/c1-21(2,3)29-20(28)24-15-18(26)22-11-6-12-23-19(27)16-7-9-17(10-8-16)25-13-4-5-14-25/h4-5,7-10,13-14H,6,11-12,15H2,1-3H3,(H,22,26)(H,23,27)(H,24,28). The van der Waals surface area contributed by atoms with Gasteiger partial charge in [-0.25, -0.2) is 4.79 Å². The number of nitrogens with one attached hydrogen (secondary N) is 3. The van der Waals surface area contributed by atoms with Crippen LogP contribution in [0.2, 0.25) is 0 Å². The molecular weight excluding hydrogens is 372 g/mol. The number of ether oxygens (including phenoxy) is 1. The van der Waals surface area contributed by atoms with E-state index in [1.807, 2.05) is 41.2 Å². The van der Waals surface area contributed by atoms with Crippen LogP contribution in [0.5, 0.6) is 0 Å². The number of alkyl carbamates (subject to hydrolysis) is 1. The molecule has 3 N–H and O–H groups in total. The molecule has 0 atom stereocenters. The van der Waals surface area contributed by atoms with Gasteiger partial charge in [-0.3, -0.25) is 9.59 Å². The molecule has 8 heteroatoms. The highest BCUT2D eigenvalue weighted by atomic mass is 16.6. The molecule has 0 aliphatic heterocycles. The zero-order chi connectivity index (χ0) is 21.3. The van der Waals surface area contributed by atoms with Gasteiger partial charge >= 0.3 is 6.09 Å². The van der Waals surface area contributed by atoms with Gasteiger partial charge in [0.25, 0.3) is 5.91 Å². The van der Waals surface area contributed by atoms with Crippen LogP contribution in [0.1, 0.15) is 37.6 Å². The number of amides is 3. The molecule has 0 radical (unpaired) electrons. The van der Waals surface area contributed by atoms with Crippen LogP contribution in [0.4, 0.5) is 4.79 Å². The van der Waals surface area contributed by atoms with E-state index in [0.29, 0.717) is 25.1 Å². The van der Waals surface area contributed by atoms with E-state index in [0.717, 1.165) is 5.69 Å². The Bertz CT molecular complexity index is 808. The van der Waals surface area contributed by atoms with Crippen molar-refractivity contribution in [3.05, 3.63) is 54.4 Å².